The van der Waals surface area contributed by atoms with E-state index in [1.807, 2.05) is 4.90 Å². The minimum Gasteiger partial charge on any atom is -0.350 e. The van der Waals surface area contributed by atoms with Gasteiger partial charge in [-0.1, -0.05) is 0 Å². The number of thioether (sulfide) groups is 1. The molecule has 5 nitrogen and oxygen atoms in total. The topological polar surface area (TPSA) is 61.4 Å². The second-order valence-electron chi connectivity index (χ2n) is 5.46. The Bertz CT molecular complexity index is 384. The molecule has 3 rings (SSSR count). The minimum atomic E-state index is -0.268. The lowest BCUT2D eigenvalue weighted by Crippen LogP contribution is -2.52. The van der Waals surface area contributed by atoms with Crippen LogP contribution in [0.2, 0.25) is 0 Å². The normalized spacial score (nSPS) is 39.2. The van der Waals surface area contributed by atoms with Crippen LogP contribution in [0.3, 0.4) is 0 Å². The van der Waals surface area contributed by atoms with Crippen molar-refractivity contribution in [3.8, 4) is 0 Å². The molecule has 3 fully saturated rings. The molecular weight excluding hydrogens is 250 g/mol. The molecule has 3 atom stereocenters. The van der Waals surface area contributed by atoms with Gasteiger partial charge in [-0.05, 0) is 26.3 Å². The number of nitrogens with zero attached hydrogens (tertiary/aromatic N) is 1. The Hall–Kier alpha value is -0.750. The Balaban J connectivity index is 1.68. The summed E-state index contributed by atoms with van der Waals surface area (Å²) in [7, 11) is 0. The molecule has 3 aliphatic heterocycles. The van der Waals surface area contributed by atoms with Gasteiger partial charge in [0.2, 0.25) is 11.8 Å². The summed E-state index contributed by atoms with van der Waals surface area (Å²) in [6.45, 7) is 3.88. The minimum absolute atomic E-state index is 0.0233. The van der Waals surface area contributed by atoms with Crippen molar-refractivity contribution in [2.75, 3.05) is 18.8 Å². The van der Waals surface area contributed by atoms with E-state index in [-0.39, 0.29) is 28.8 Å². The molecule has 0 aliphatic carbocycles. The highest BCUT2D eigenvalue weighted by molar-refractivity contribution is 8.01. The molecule has 2 amide bonds. The SMILES string of the molecule is CC12CCC(=O)N1C(C(=O)NC1CCNC1)CS2. The molecule has 6 heteroatoms. The Morgan fingerprint density at radius 1 is 1.61 bits per heavy atom. The van der Waals surface area contributed by atoms with Gasteiger partial charge in [-0.3, -0.25) is 9.59 Å². The third-order valence-electron chi connectivity index (χ3n) is 4.15. The highest BCUT2D eigenvalue weighted by atomic mass is 32.2. The average Bonchev–Trinajstić information content (AvgIpc) is 2.99. The maximum Gasteiger partial charge on any atom is 0.243 e. The molecule has 0 aromatic rings. The predicted octanol–water partition coefficient (Wildman–Crippen LogP) is -0.0815. The second-order valence-corrected chi connectivity index (χ2v) is 6.97. The number of hydrogen-bond acceptors (Lipinski definition) is 4. The first-order valence-electron chi connectivity index (χ1n) is 6.57. The summed E-state index contributed by atoms with van der Waals surface area (Å²) in [5.41, 5.74) is 0. The maximum absolute atomic E-state index is 12.3. The van der Waals surface area contributed by atoms with E-state index < -0.39 is 0 Å². The molecule has 3 aliphatic rings. The third kappa shape index (κ3) is 1.91. The number of amides is 2. The number of fused-ring (bicyclic) bond motifs is 1. The van der Waals surface area contributed by atoms with Crippen LogP contribution in [0.4, 0.5) is 0 Å². The summed E-state index contributed by atoms with van der Waals surface area (Å²) in [5, 5.41) is 6.29. The summed E-state index contributed by atoms with van der Waals surface area (Å²) in [6, 6.07) is -0.0392. The highest BCUT2D eigenvalue weighted by Gasteiger charge is 2.53. The van der Waals surface area contributed by atoms with Crippen LogP contribution in [-0.2, 0) is 9.59 Å². The molecule has 0 spiro atoms. The Morgan fingerprint density at radius 3 is 3.17 bits per heavy atom. The van der Waals surface area contributed by atoms with Gasteiger partial charge in [-0.2, -0.15) is 0 Å². The first-order chi connectivity index (χ1) is 8.60. The van der Waals surface area contributed by atoms with Gasteiger partial charge in [0.1, 0.15) is 6.04 Å². The summed E-state index contributed by atoms with van der Waals surface area (Å²) in [4.78, 5) is 25.9. The lowest BCUT2D eigenvalue weighted by atomic mass is 10.2. The van der Waals surface area contributed by atoms with Crippen molar-refractivity contribution >= 4 is 23.6 Å². The van der Waals surface area contributed by atoms with Crippen molar-refractivity contribution in [1.29, 1.82) is 0 Å². The molecule has 0 radical (unpaired) electrons. The fraction of sp³-hybridized carbons (Fsp3) is 0.833. The van der Waals surface area contributed by atoms with E-state index in [0.29, 0.717) is 6.42 Å². The number of carbonyl (C=O) groups excluding carboxylic acids is 2. The number of carbonyl (C=O) groups is 2. The molecule has 0 aromatic carbocycles. The zero-order chi connectivity index (χ0) is 12.8. The van der Waals surface area contributed by atoms with E-state index in [1.54, 1.807) is 11.8 Å². The molecule has 0 aromatic heterocycles. The molecule has 3 heterocycles. The molecule has 3 saturated heterocycles. The first-order valence-corrected chi connectivity index (χ1v) is 7.56. The quantitative estimate of drug-likeness (QED) is 0.736. The van der Waals surface area contributed by atoms with Gasteiger partial charge in [0, 0.05) is 24.8 Å². The van der Waals surface area contributed by atoms with Crippen molar-refractivity contribution in [1.82, 2.24) is 15.5 Å². The van der Waals surface area contributed by atoms with Gasteiger partial charge in [-0.25, -0.2) is 0 Å². The monoisotopic (exact) mass is 269 g/mol. The van der Waals surface area contributed by atoms with Gasteiger partial charge >= 0.3 is 0 Å². The van der Waals surface area contributed by atoms with Gasteiger partial charge in [0.05, 0.1) is 4.87 Å². The Kier molecular flexibility index (Phi) is 3.02. The van der Waals surface area contributed by atoms with E-state index in [4.69, 9.17) is 0 Å². The van der Waals surface area contributed by atoms with Crippen LogP contribution < -0.4 is 10.6 Å². The van der Waals surface area contributed by atoms with E-state index in [1.165, 1.54) is 0 Å². The lowest BCUT2D eigenvalue weighted by molar-refractivity contribution is -0.138. The van der Waals surface area contributed by atoms with Crippen LogP contribution in [0.25, 0.3) is 0 Å². The zero-order valence-corrected chi connectivity index (χ0v) is 11.4. The van der Waals surface area contributed by atoms with Crippen LogP contribution in [0.1, 0.15) is 26.2 Å². The number of rotatable bonds is 2. The van der Waals surface area contributed by atoms with Crippen molar-refractivity contribution < 1.29 is 9.59 Å². The number of nitrogens with one attached hydrogen (secondary N) is 2. The molecule has 100 valence electrons. The third-order valence-corrected chi connectivity index (χ3v) is 5.66. The van der Waals surface area contributed by atoms with Crippen molar-refractivity contribution in [2.45, 2.75) is 43.1 Å². The van der Waals surface area contributed by atoms with Crippen LogP contribution in [0.15, 0.2) is 0 Å². The van der Waals surface area contributed by atoms with Crippen LogP contribution in [0.5, 0.6) is 0 Å². The second kappa shape index (κ2) is 4.42. The Morgan fingerprint density at radius 2 is 2.44 bits per heavy atom. The standard InChI is InChI=1S/C12H19N3O2S/c1-12-4-2-10(16)15(12)9(7-18-12)11(17)14-8-3-5-13-6-8/h8-9,13H,2-7H2,1H3,(H,14,17). The maximum atomic E-state index is 12.3. The lowest BCUT2D eigenvalue weighted by Gasteiger charge is -2.30. The Labute approximate surface area is 111 Å². The zero-order valence-electron chi connectivity index (χ0n) is 10.6. The summed E-state index contributed by atoms with van der Waals surface area (Å²) in [6.07, 6.45) is 2.43. The van der Waals surface area contributed by atoms with Crippen molar-refractivity contribution in [2.24, 2.45) is 0 Å². The molecular formula is C12H19N3O2S. The van der Waals surface area contributed by atoms with Crippen LogP contribution >= 0.6 is 11.8 Å². The summed E-state index contributed by atoms with van der Waals surface area (Å²) >= 11 is 1.74. The first kappa shape index (κ1) is 12.3. The molecule has 0 saturated carbocycles. The summed E-state index contributed by atoms with van der Waals surface area (Å²) in [5.74, 6) is 0.885. The summed E-state index contributed by atoms with van der Waals surface area (Å²) < 4.78 is 0. The molecule has 18 heavy (non-hydrogen) atoms. The smallest absolute Gasteiger partial charge is 0.243 e. The molecule has 3 unspecified atom stereocenters. The molecule has 2 N–H and O–H groups in total. The van der Waals surface area contributed by atoms with E-state index >= 15 is 0 Å². The van der Waals surface area contributed by atoms with Gasteiger partial charge in [0.25, 0.3) is 0 Å². The predicted molar refractivity (Wildman–Crippen MR) is 70.1 cm³/mol. The average molecular weight is 269 g/mol. The van der Waals surface area contributed by atoms with Crippen molar-refractivity contribution in [3.63, 3.8) is 0 Å². The van der Waals surface area contributed by atoms with Crippen molar-refractivity contribution in [3.05, 3.63) is 0 Å². The fourth-order valence-electron chi connectivity index (χ4n) is 3.09. The van der Waals surface area contributed by atoms with Gasteiger partial charge in [0.15, 0.2) is 0 Å². The van der Waals surface area contributed by atoms with E-state index in [9.17, 15) is 9.59 Å². The van der Waals surface area contributed by atoms with Crippen LogP contribution in [-0.4, -0.2) is 52.5 Å². The number of hydrogen-bond donors (Lipinski definition) is 2. The molecule has 0 bridgehead atoms. The van der Waals surface area contributed by atoms with Crippen LogP contribution in [0, 0.1) is 0 Å². The van der Waals surface area contributed by atoms with E-state index in [0.717, 1.165) is 31.7 Å². The highest BCUT2D eigenvalue weighted by Crippen LogP contribution is 2.47. The fourth-order valence-corrected chi connectivity index (χ4v) is 4.52. The largest absolute Gasteiger partial charge is 0.350 e. The van der Waals surface area contributed by atoms with E-state index in [2.05, 4.69) is 17.6 Å². The van der Waals surface area contributed by atoms with Gasteiger partial charge < -0.3 is 15.5 Å². The van der Waals surface area contributed by atoms with Gasteiger partial charge in [-0.15, -0.1) is 11.8 Å².